The zero-order chi connectivity index (χ0) is 19.2. The topological polar surface area (TPSA) is 115 Å². The second-order valence-corrected chi connectivity index (χ2v) is 6.13. The highest BCUT2D eigenvalue weighted by Crippen LogP contribution is 2.26. The van der Waals surface area contributed by atoms with Gasteiger partial charge in [-0.15, -0.1) is 0 Å². The van der Waals surface area contributed by atoms with Crippen molar-refractivity contribution >= 4 is 23.0 Å². The van der Waals surface area contributed by atoms with E-state index in [2.05, 4.69) is 15.3 Å². The van der Waals surface area contributed by atoms with Crippen molar-refractivity contribution in [3.8, 4) is 5.75 Å². The van der Waals surface area contributed by atoms with Crippen molar-refractivity contribution in [2.75, 3.05) is 25.6 Å². The van der Waals surface area contributed by atoms with Crippen LogP contribution < -0.4 is 15.8 Å². The number of primary amides is 1. The van der Waals surface area contributed by atoms with E-state index < -0.39 is 11.9 Å². The smallest absolute Gasteiger partial charge is 0.241 e. The highest BCUT2D eigenvalue weighted by atomic mass is 16.5. The number of benzene rings is 1. The Morgan fingerprint density at radius 3 is 2.78 bits per heavy atom. The van der Waals surface area contributed by atoms with Gasteiger partial charge in [-0.05, 0) is 36.2 Å². The Hall–Kier alpha value is -3.13. The predicted octanol–water partition coefficient (Wildman–Crippen LogP) is 1.50. The van der Waals surface area contributed by atoms with Crippen molar-refractivity contribution < 1.29 is 14.6 Å². The maximum atomic E-state index is 12.3. The number of carbonyl (C=O) groups excluding carboxylic acids is 1. The second kappa shape index (κ2) is 8.50. The number of amides is 1. The Morgan fingerprint density at radius 2 is 2.11 bits per heavy atom. The minimum Gasteiger partial charge on any atom is -0.497 e. The zero-order valence-electron chi connectivity index (χ0n) is 15.1. The summed E-state index contributed by atoms with van der Waals surface area (Å²) in [5, 5.41) is 12.2. The van der Waals surface area contributed by atoms with Gasteiger partial charge in [0, 0.05) is 25.8 Å². The van der Waals surface area contributed by atoms with Gasteiger partial charge in [-0.25, -0.2) is 9.97 Å². The summed E-state index contributed by atoms with van der Waals surface area (Å²) in [5.41, 5.74) is 7.94. The highest BCUT2D eigenvalue weighted by Gasteiger charge is 2.25. The third kappa shape index (κ3) is 4.17. The van der Waals surface area contributed by atoms with Crippen LogP contribution in [-0.2, 0) is 11.2 Å². The first-order valence-corrected chi connectivity index (χ1v) is 8.74. The van der Waals surface area contributed by atoms with E-state index in [1.165, 1.54) is 0 Å². The van der Waals surface area contributed by atoms with Crippen LogP contribution in [0.2, 0.25) is 0 Å². The van der Waals surface area contributed by atoms with E-state index in [0.717, 1.165) is 11.3 Å². The predicted molar refractivity (Wildman–Crippen MR) is 103 cm³/mol. The molecule has 8 nitrogen and oxygen atoms in total. The molecule has 0 aliphatic heterocycles. The van der Waals surface area contributed by atoms with E-state index in [1.807, 2.05) is 30.3 Å². The molecule has 0 saturated heterocycles. The Kier molecular flexibility index (Phi) is 5.87. The van der Waals surface area contributed by atoms with Gasteiger partial charge in [0.2, 0.25) is 11.9 Å². The van der Waals surface area contributed by atoms with Crippen LogP contribution in [0.15, 0.2) is 42.6 Å². The lowest BCUT2D eigenvalue weighted by molar-refractivity contribution is -0.121. The van der Waals surface area contributed by atoms with Crippen molar-refractivity contribution in [1.82, 2.24) is 14.5 Å². The summed E-state index contributed by atoms with van der Waals surface area (Å²) >= 11 is 0. The van der Waals surface area contributed by atoms with Gasteiger partial charge in [-0.1, -0.05) is 12.1 Å². The van der Waals surface area contributed by atoms with Crippen molar-refractivity contribution in [2.24, 2.45) is 5.73 Å². The monoisotopic (exact) mass is 369 g/mol. The van der Waals surface area contributed by atoms with Gasteiger partial charge in [0.05, 0.1) is 7.11 Å². The number of pyridine rings is 1. The molecule has 2 aromatic heterocycles. The molecule has 8 heteroatoms. The number of ether oxygens (including phenoxy) is 1. The molecule has 27 heavy (non-hydrogen) atoms. The van der Waals surface area contributed by atoms with E-state index in [1.54, 1.807) is 23.9 Å². The van der Waals surface area contributed by atoms with Crippen molar-refractivity contribution in [2.45, 2.75) is 18.9 Å². The standard InChI is InChI=1S/C19H23N5O3/c1-27-14-7-5-13(6-8-14)12-16(17(20)26)24-18-15(4-2-9-21-18)23-19(24)22-10-3-11-25/h2,4-9,16,25H,3,10-12H2,1H3,(H2,20,26)(H,22,23). The number of aliphatic hydroxyl groups is 1. The first-order chi connectivity index (χ1) is 13.1. The number of nitrogens with one attached hydrogen (secondary N) is 1. The summed E-state index contributed by atoms with van der Waals surface area (Å²) < 4.78 is 6.91. The number of aromatic nitrogens is 3. The van der Waals surface area contributed by atoms with Crippen molar-refractivity contribution in [3.05, 3.63) is 48.2 Å². The molecule has 1 unspecified atom stereocenters. The first-order valence-electron chi connectivity index (χ1n) is 8.74. The summed E-state index contributed by atoms with van der Waals surface area (Å²) in [6.45, 7) is 0.588. The molecule has 0 bridgehead atoms. The van der Waals surface area contributed by atoms with Gasteiger partial charge >= 0.3 is 0 Å². The van der Waals surface area contributed by atoms with Crippen LogP contribution in [0.4, 0.5) is 5.95 Å². The average molecular weight is 369 g/mol. The SMILES string of the molecule is COc1ccc(CC(C(N)=O)n2c(NCCCO)nc3cccnc32)cc1. The molecule has 1 aromatic carbocycles. The lowest BCUT2D eigenvalue weighted by atomic mass is 10.0. The molecular weight excluding hydrogens is 346 g/mol. The molecule has 4 N–H and O–H groups in total. The minimum absolute atomic E-state index is 0.0660. The van der Waals surface area contributed by atoms with Gasteiger partial charge in [-0.2, -0.15) is 0 Å². The minimum atomic E-state index is -0.657. The van der Waals surface area contributed by atoms with E-state index in [-0.39, 0.29) is 6.61 Å². The highest BCUT2D eigenvalue weighted by molar-refractivity contribution is 5.83. The summed E-state index contributed by atoms with van der Waals surface area (Å²) in [7, 11) is 1.61. The number of nitrogens with two attached hydrogens (primary N) is 1. The molecule has 0 saturated carbocycles. The van der Waals surface area contributed by atoms with Gasteiger partial charge < -0.3 is 20.9 Å². The Balaban J connectivity index is 1.98. The lowest BCUT2D eigenvalue weighted by Gasteiger charge is -2.19. The molecule has 0 aliphatic carbocycles. The van der Waals surface area contributed by atoms with E-state index >= 15 is 0 Å². The number of aliphatic hydroxyl groups excluding tert-OH is 1. The number of hydrogen-bond acceptors (Lipinski definition) is 6. The number of rotatable bonds is 9. The van der Waals surface area contributed by atoms with Crippen molar-refractivity contribution in [3.63, 3.8) is 0 Å². The summed E-state index contributed by atoms with van der Waals surface area (Å²) in [4.78, 5) is 21.2. The quantitative estimate of drug-likeness (QED) is 0.492. The first kappa shape index (κ1) is 18.7. The van der Waals surface area contributed by atoms with Crippen LogP contribution in [0.3, 0.4) is 0 Å². The lowest BCUT2D eigenvalue weighted by Crippen LogP contribution is -2.29. The third-order valence-corrected chi connectivity index (χ3v) is 4.30. The largest absolute Gasteiger partial charge is 0.497 e. The Bertz CT molecular complexity index is 907. The molecule has 142 valence electrons. The number of anilines is 1. The van der Waals surface area contributed by atoms with Crippen LogP contribution in [-0.4, -0.2) is 45.8 Å². The molecule has 0 radical (unpaired) electrons. The number of methoxy groups -OCH3 is 1. The van der Waals surface area contributed by atoms with Crippen LogP contribution in [0.5, 0.6) is 5.75 Å². The van der Waals surface area contributed by atoms with Gasteiger partial charge in [-0.3, -0.25) is 9.36 Å². The maximum Gasteiger partial charge on any atom is 0.241 e. The fourth-order valence-electron chi connectivity index (χ4n) is 2.93. The summed E-state index contributed by atoms with van der Waals surface area (Å²) in [6, 6.07) is 10.5. The van der Waals surface area contributed by atoms with E-state index in [0.29, 0.717) is 36.5 Å². The van der Waals surface area contributed by atoms with E-state index in [9.17, 15) is 4.79 Å². The third-order valence-electron chi connectivity index (χ3n) is 4.30. The van der Waals surface area contributed by atoms with Crippen LogP contribution in [0.1, 0.15) is 18.0 Å². The molecule has 0 aliphatic rings. The number of hydrogen-bond donors (Lipinski definition) is 3. The summed E-state index contributed by atoms with van der Waals surface area (Å²) in [6.07, 6.45) is 2.62. The number of nitrogens with zero attached hydrogens (tertiary/aromatic N) is 3. The normalized spacial score (nSPS) is 12.1. The molecule has 1 amide bonds. The molecule has 2 heterocycles. The second-order valence-electron chi connectivity index (χ2n) is 6.13. The fourth-order valence-corrected chi connectivity index (χ4v) is 2.93. The number of carbonyl (C=O) groups is 1. The maximum absolute atomic E-state index is 12.3. The van der Waals surface area contributed by atoms with Crippen LogP contribution in [0.25, 0.3) is 11.2 Å². The molecule has 3 rings (SSSR count). The summed E-state index contributed by atoms with van der Waals surface area (Å²) in [5.74, 6) is 0.783. The Labute approximate surface area is 157 Å². The molecule has 1 atom stereocenters. The number of fused-ring (bicyclic) bond motifs is 1. The Morgan fingerprint density at radius 1 is 1.33 bits per heavy atom. The zero-order valence-corrected chi connectivity index (χ0v) is 15.1. The van der Waals surface area contributed by atoms with Gasteiger partial charge in [0.1, 0.15) is 17.3 Å². The van der Waals surface area contributed by atoms with Crippen LogP contribution >= 0.6 is 0 Å². The van der Waals surface area contributed by atoms with Crippen molar-refractivity contribution in [1.29, 1.82) is 0 Å². The van der Waals surface area contributed by atoms with Crippen LogP contribution in [0, 0.1) is 0 Å². The molecule has 0 fully saturated rings. The van der Waals surface area contributed by atoms with Gasteiger partial charge in [0.25, 0.3) is 0 Å². The van der Waals surface area contributed by atoms with Gasteiger partial charge in [0.15, 0.2) is 5.65 Å². The number of imidazole rings is 1. The molecule has 0 spiro atoms. The fraction of sp³-hybridized carbons (Fsp3) is 0.316. The molecular formula is C19H23N5O3. The average Bonchev–Trinajstić information content (AvgIpc) is 3.04. The molecule has 3 aromatic rings. The van der Waals surface area contributed by atoms with E-state index in [4.69, 9.17) is 15.6 Å².